The van der Waals surface area contributed by atoms with Crippen LogP contribution in [0.25, 0.3) is 16.8 Å². The first kappa shape index (κ1) is 23.3. The third kappa shape index (κ3) is 4.69. The fourth-order valence-electron chi connectivity index (χ4n) is 4.06. The summed E-state index contributed by atoms with van der Waals surface area (Å²) < 4.78 is 11.2. The molecule has 0 atom stereocenters. The van der Waals surface area contributed by atoms with E-state index < -0.39 is 11.8 Å². The molecule has 178 valence electrons. The number of fused-ring (bicyclic) bond motifs is 1. The molecule has 36 heavy (non-hydrogen) atoms. The van der Waals surface area contributed by atoms with E-state index in [-0.39, 0.29) is 10.7 Å². The van der Waals surface area contributed by atoms with Gasteiger partial charge in [0, 0.05) is 0 Å². The van der Waals surface area contributed by atoms with Crippen LogP contribution in [0.5, 0.6) is 11.5 Å². The Kier molecular flexibility index (Phi) is 6.47. The van der Waals surface area contributed by atoms with Crippen LogP contribution in [0.4, 0.5) is 5.69 Å². The molecule has 0 saturated carbocycles. The summed E-state index contributed by atoms with van der Waals surface area (Å²) in [6.07, 6.45) is 1.54. The summed E-state index contributed by atoms with van der Waals surface area (Å²) in [5.41, 5.74) is 2.24. The van der Waals surface area contributed by atoms with Gasteiger partial charge in [-0.25, -0.2) is 0 Å². The van der Waals surface area contributed by atoms with Crippen LogP contribution >= 0.6 is 12.2 Å². The first-order chi connectivity index (χ1) is 17.5. The van der Waals surface area contributed by atoms with E-state index in [1.165, 1.54) is 4.90 Å². The van der Waals surface area contributed by atoms with Crippen molar-refractivity contribution in [1.82, 2.24) is 5.32 Å². The normalized spacial score (nSPS) is 14.8. The van der Waals surface area contributed by atoms with E-state index >= 15 is 0 Å². The van der Waals surface area contributed by atoms with Gasteiger partial charge < -0.3 is 9.47 Å². The van der Waals surface area contributed by atoms with Gasteiger partial charge in [-0.2, -0.15) is 0 Å². The Morgan fingerprint density at radius 2 is 1.64 bits per heavy atom. The van der Waals surface area contributed by atoms with Gasteiger partial charge >= 0.3 is 0 Å². The van der Waals surface area contributed by atoms with Gasteiger partial charge in [-0.05, 0) is 76.6 Å². The van der Waals surface area contributed by atoms with Gasteiger partial charge in [0.2, 0.25) is 0 Å². The van der Waals surface area contributed by atoms with Gasteiger partial charge in [-0.15, -0.1) is 0 Å². The third-order valence-electron chi connectivity index (χ3n) is 5.88. The summed E-state index contributed by atoms with van der Waals surface area (Å²) in [6, 6.07) is 28.4. The summed E-state index contributed by atoms with van der Waals surface area (Å²) in [4.78, 5) is 27.2. The average molecular weight is 495 g/mol. The molecular weight excluding hydrogens is 472 g/mol. The molecule has 1 saturated heterocycles. The Labute approximate surface area is 213 Å². The van der Waals surface area contributed by atoms with Crippen LogP contribution in [-0.4, -0.2) is 24.0 Å². The number of rotatable bonds is 6. The van der Waals surface area contributed by atoms with Gasteiger partial charge in [0.1, 0.15) is 23.7 Å². The van der Waals surface area contributed by atoms with Gasteiger partial charge in [-0.3, -0.25) is 19.8 Å². The number of anilines is 1. The number of methoxy groups -OCH3 is 1. The van der Waals surface area contributed by atoms with Crippen LogP contribution in [0, 0.1) is 0 Å². The maximum Gasteiger partial charge on any atom is 0.270 e. The number of benzene rings is 4. The lowest BCUT2D eigenvalue weighted by molar-refractivity contribution is -0.122. The Balaban J connectivity index is 1.38. The molecule has 2 amide bonds. The van der Waals surface area contributed by atoms with Crippen molar-refractivity contribution >= 4 is 51.7 Å². The molecule has 0 aliphatic carbocycles. The summed E-state index contributed by atoms with van der Waals surface area (Å²) in [6.45, 7) is 0.389. The van der Waals surface area contributed by atoms with Crippen LogP contribution in [0.3, 0.4) is 0 Å². The maximum absolute atomic E-state index is 13.3. The molecule has 0 bridgehead atoms. The molecule has 0 unspecified atom stereocenters. The van der Waals surface area contributed by atoms with Crippen molar-refractivity contribution in [2.24, 2.45) is 0 Å². The van der Waals surface area contributed by atoms with Crippen molar-refractivity contribution in [2.75, 3.05) is 12.0 Å². The van der Waals surface area contributed by atoms with Crippen molar-refractivity contribution in [3.05, 3.63) is 108 Å². The van der Waals surface area contributed by atoms with E-state index in [1.807, 2.05) is 42.5 Å². The van der Waals surface area contributed by atoms with E-state index in [0.29, 0.717) is 29.4 Å². The van der Waals surface area contributed by atoms with Gasteiger partial charge in [0.15, 0.2) is 5.11 Å². The molecule has 4 aromatic carbocycles. The molecule has 5 rings (SSSR count). The molecular formula is C29H22N2O4S. The second-order valence-electron chi connectivity index (χ2n) is 8.16. The zero-order valence-corrected chi connectivity index (χ0v) is 20.2. The van der Waals surface area contributed by atoms with Gasteiger partial charge in [0.05, 0.1) is 12.8 Å². The summed E-state index contributed by atoms with van der Waals surface area (Å²) >= 11 is 5.27. The molecule has 1 heterocycles. The molecule has 1 aliphatic heterocycles. The van der Waals surface area contributed by atoms with E-state index in [9.17, 15) is 9.59 Å². The molecule has 0 aromatic heterocycles. The Hall–Kier alpha value is -4.49. The summed E-state index contributed by atoms with van der Waals surface area (Å²) in [5, 5.41) is 4.92. The molecule has 6 nitrogen and oxygen atoms in total. The lowest BCUT2D eigenvalue weighted by atomic mass is 10.1. The number of ether oxygens (including phenoxy) is 2. The maximum atomic E-state index is 13.3. The van der Waals surface area contributed by atoms with E-state index in [0.717, 1.165) is 16.3 Å². The lowest BCUT2D eigenvalue weighted by Crippen LogP contribution is -2.54. The number of amides is 2. The number of nitrogens with zero attached hydrogens (tertiary/aromatic N) is 1. The fraction of sp³-hybridized carbons (Fsp3) is 0.0690. The first-order valence-electron chi connectivity index (χ1n) is 11.3. The molecule has 0 radical (unpaired) electrons. The summed E-state index contributed by atoms with van der Waals surface area (Å²) in [5.74, 6) is 0.227. The topological polar surface area (TPSA) is 67.9 Å². The molecule has 1 N–H and O–H groups in total. The monoisotopic (exact) mass is 494 g/mol. The molecule has 7 heteroatoms. The minimum absolute atomic E-state index is 0.0226. The van der Waals surface area contributed by atoms with Crippen LogP contribution in [0.2, 0.25) is 0 Å². The average Bonchev–Trinajstić information content (AvgIpc) is 2.90. The molecule has 1 fully saturated rings. The second kappa shape index (κ2) is 10.0. The molecule has 0 spiro atoms. The van der Waals surface area contributed by atoms with Crippen molar-refractivity contribution < 1.29 is 19.1 Å². The number of carbonyl (C=O) groups excluding carboxylic acids is 2. The quantitative estimate of drug-likeness (QED) is 0.225. The zero-order valence-electron chi connectivity index (χ0n) is 19.4. The Morgan fingerprint density at radius 1 is 0.889 bits per heavy atom. The predicted octanol–water partition coefficient (Wildman–Crippen LogP) is 5.26. The minimum Gasteiger partial charge on any atom is -0.497 e. The molecule has 1 aliphatic rings. The fourth-order valence-corrected chi connectivity index (χ4v) is 4.34. The smallest absolute Gasteiger partial charge is 0.270 e. The van der Waals surface area contributed by atoms with Gasteiger partial charge in [-0.1, -0.05) is 54.6 Å². The second-order valence-corrected chi connectivity index (χ2v) is 8.54. The standard InChI is InChI=1S/C29H22N2O4S/c1-34-23-14-12-22(13-15-23)31-28(33)26(27(32)30-29(31)36)17-19-6-4-10-24(16-19)35-18-21-9-5-8-20-7-2-3-11-25(20)21/h2-17H,18H2,1H3,(H,30,32,36)/b26-17-. The predicted molar refractivity (Wildman–Crippen MR) is 144 cm³/mol. The lowest BCUT2D eigenvalue weighted by Gasteiger charge is -2.29. The van der Waals surface area contributed by atoms with Crippen LogP contribution in [0.15, 0.2) is 96.6 Å². The zero-order chi connectivity index (χ0) is 25.1. The van der Waals surface area contributed by atoms with Crippen molar-refractivity contribution in [3.8, 4) is 11.5 Å². The third-order valence-corrected chi connectivity index (χ3v) is 6.16. The van der Waals surface area contributed by atoms with Crippen LogP contribution in [-0.2, 0) is 16.2 Å². The number of hydrogen-bond donors (Lipinski definition) is 1. The van der Waals surface area contributed by atoms with Gasteiger partial charge in [0.25, 0.3) is 11.8 Å². The minimum atomic E-state index is -0.545. The van der Waals surface area contributed by atoms with Crippen molar-refractivity contribution in [1.29, 1.82) is 0 Å². The number of nitrogens with one attached hydrogen (secondary N) is 1. The Bertz CT molecular complexity index is 1510. The number of carbonyl (C=O) groups is 2. The number of hydrogen-bond acceptors (Lipinski definition) is 5. The van der Waals surface area contributed by atoms with Crippen molar-refractivity contribution in [3.63, 3.8) is 0 Å². The van der Waals surface area contributed by atoms with E-state index in [2.05, 4.69) is 23.5 Å². The SMILES string of the molecule is COc1ccc(N2C(=O)/C(=C\c3cccc(OCc4cccc5ccccc45)c3)C(=O)NC2=S)cc1. The highest BCUT2D eigenvalue weighted by Gasteiger charge is 2.34. The van der Waals surface area contributed by atoms with E-state index in [1.54, 1.807) is 43.5 Å². The highest BCUT2D eigenvalue weighted by molar-refractivity contribution is 7.80. The van der Waals surface area contributed by atoms with Crippen molar-refractivity contribution in [2.45, 2.75) is 6.61 Å². The molecule has 4 aromatic rings. The Morgan fingerprint density at radius 3 is 2.44 bits per heavy atom. The number of thiocarbonyl (C=S) groups is 1. The largest absolute Gasteiger partial charge is 0.497 e. The first-order valence-corrected chi connectivity index (χ1v) is 11.7. The van der Waals surface area contributed by atoms with Crippen LogP contribution in [0.1, 0.15) is 11.1 Å². The van der Waals surface area contributed by atoms with Crippen LogP contribution < -0.4 is 19.7 Å². The summed E-state index contributed by atoms with van der Waals surface area (Å²) in [7, 11) is 1.56. The highest BCUT2D eigenvalue weighted by Crippen LogP contribution is 2.26. The highest BCUT2D eigenvalue weighted by atomic mass is 32.1. The van der Waals surface area contributed by atoms with E-state index in [4.69, 9.17) is 21.7 Å².